The molecule has 0 amide bonds. The Hall–Kier alpha value is -2.73. The molecule has 152 valence electrons. The molecule has 5 nitrogen and oxygen atoms in total. The fraction of sp³-hybridized carbons (Fsp3) is 0.391. The molecule has 0 unspecified atom stereocenters. The smallest absolute Gasteiger partial charge is 0.203 e. The fourth-order valence-corrected chi connectivity index (χ4v) is 4.37. The molecule has 0 aliphatic carbocycles. The van der Waals surface area contributed by atoms with Gasteiger partial charge in [-0.15, -0.1) is 0 Å². The van der Waals surface area contributed by atoms with Gasteiger partial charge in [-0.05, 0) is 67.7 Å². The monoisotopic (exact) mass is 396 g/mol. The van der Waals surface area contributed by atoms with Crippen molar-refractivity contribution in [2.24, 2.45) is 0 Å². The third kappa shape index (κ3) is 3.77. The highest BCUT2D eigenvalue weighted by Gasteiger charge is 2.23. The van der Waals surface area contributed by atoms with Crippen molar-refractivity contribution in [1.29, 1.82) is 0 Å². The lowest BCUT2D eigenvalue weighted by atomic mass is 9.89. The van der Waals surface area contributed by atoms with Gasteiger partial charge in [0.2, 0.25) is 5.75 Å². The van der Waals surface area contributed by atoms with Gasteiger partial charge >= 0.3 is 0 Å². The third-order valence-corrected chi connectivity index (χ3v) is 5.90. The van der Waals surface area contributed by atoms with Gasteiger partial charge in [0, 0.05) is 23.6 Å². The number of ether oxygens (including phenoxy) is 3. The van der Waals surface area contributed by atoms with Gasteiger partial charge in [-0.2, -0.15) is 0 Å². The lowest BCUT2D eigenvalue weighted by molar-refractivity contribution is 0.150. The normalized spacial score (nSPS) is 17.6. The van der Waals surface area contributed by atoms with Gasteiger partial charge in [-0.3, -0.25) is 4.90 Å². The van der Waals surface area contributed by atoms with Crippen LogP contribution in [0.2, 0.25) is 0 Å². The van der Waals surface area contributed by atoms with E-state index in [4.69, 9.17) is 14.2 Å². The first kappa shape index (κ1) is 18.3. The molecule has 2 aliphatic rings. The number of aromatic amines is 1. The Kier molecular flexibility index (Phi) is 5.02. The molecule has 6 heteroatoms. The summed E-state index contributed by atoms with van der Waals surface area (Å²) in [7, 11) is 0. The molecule has 0 radical (unpaired) electrons. The minimum atomic E-state index is -0.176. The molecule has 3 heterocycles. The van der Waals surface area contributed by atoms with E-state index in [0.29, 0.717) is 31.5 Å². The van der Waals surface area contributed by atoms with Crippen molar-refractivity contribution in [1.82, 2.24) is 9.88 Å². The van der Waals surface area contributed by atoms with Crippen LogP contribution < -0.4 is 14.2 Å². The number of benzene rings is 2. The first-order valence-electron chi connectivity index (χ1n) is 10.3. The number of para-hydroxylation sites is 1. The summed E-state index contributed by atoms with van der Waals surface area (Å²) in [5.41, 5.74) is 2.25. The molecule has 0 spiro atoms. The molecule has 1 aromatic heterocycles. The van der Waals surface area contributed by atoms with E-state index >= 15 is 0 Å². The van der Waals surface area contributed by atoms with Crippen molar-refractivity contribution in [2.75, 3.05) is 39.5 Å². The standard InChI is InChI=1S/C23H25FN2O3/c24-17-4-5-20-18(14-17)19(15-25-20)16-6-8-26(9-7-16)10-11-27-21-2-1-3-22-23(21)29-13-12-28-22/h1-5,14-16,25H,6-13H2. The fourth-order valence-electron chi connectivity index (χ4n) is 4.37. The summed E-state index contributed by atoms with van der Waals surface area (Å²) < 4.78 is 30.9. The van der Waals surface area contributed by atoms with E-state index in [1.54, 1.807) is 6.07 Å². The molecule has 2 aromatic carbocycles. The van der Waals surface area contributed by atoms with E-state index in [9.17, 15) is 4.39 Å². The number of piperidine rings is 1. The SMILES string of the molecule is Fc1ccc2[nH]cc(C3CCN(CCOc4cccc5c4OCCO5)CC3)c2c1. The summed E-state index contributed by atoms with van der Waals surface area (Å²) >= 11 is 0. The van der Waals surface area contributed by atoms with Crippen molar-refractivity contribution in [3.8, 4) is 17.2 Å². The zero-order valence-corrected chi connectivity index (χ0v) is 16.3. The van der Waals surface area contributed by atoms with Gasteiger partial charge in [0.15, 0.2) is 11.5 Å². The zero-order valence-electron chi connectivity index (χ0n) is 16.3. The van der Waals surface area contributed by atoms with Crippen LogP contribution in [0.15, 0.2) is 42.6 Å². The van der Waals surface area contributed by atoms with Crippen molar-refractivity contribution in [2.45, 2.75) is 18.8 Å². The number of H-pyrrole nitrogens is 1. The molecule has 29 heavy (non-hydrogen) atoms. The van der Waals surface area contributed by atoms with Crippen LogP contribution in [0.3, 0.4) is 0 Å². The van der Waals surface area contributed by atoms with Gasteiger partial charge in [-0.1, -0.05) is 6.07 Å². The number of likely N-dealkylation sites (tertiary alicyclic amines) is 1. The second-order valence-electron chi connectivity index (χ2n) is 7.68. The molecule has 1 fully saturated rings. The molecule has 5 rings (SSSR count). The zero-order chi connectivity index (χ0) is 19.6. The van der Waals surface area contributed by atoms with Crippen molar-refractivity contribution >= 4 is 10.9 Å². The van der Waals surface area contributed by atoms with Crippen LogP contribution in [0.25, 0.3) is 10.9 Å². The number of halogens is 1. The summed E-state index contributed by atoms with van der Waals surface area (Å²) in [5, 5.41) is 1.02. The maximum Gasteiger partial charge on any atom is 0.203 e. The van der Waals surface area contributed by atoms with Crippen LogP contribution in [-0.2, 0) is 0 Å². The highest BCUT2D eigenvalue weighted by molar-refractivity contribution is 5.83. The van der Waals surface area contributed by atoms with Crippen molar-refractivity contribution in [3.63, 3.8) is 0 Å². The molecule has 3 aromatic rings. The van der Waals surface area contributed by atoms with Crippen LogP contribution in [0, 0.1) is 5.82 Å². The summed E-state index contributed by atoms with van der Waals surface area (Å²) in [5.74, 6) is 2.51. The minimum Gasteiger partial charge on any atom is -0.488 e. The molecular weight excluding hydrogens is 371 g/mol. The molecule has 0 saturated carbocycles. The van der Waals surface area contributed by atoms with Gasteiger partial charge in [0.25, 0.3) is 0 Å². The van der Waals surface area contributed by atoms with Gasteiger partial charge < -0.3 is 19.2 Å². The largest absolute Gasteiger partial charge is 0.488 e. The Morgan fingerprint density at radius 1 is 1.10 bits per heavy atom. The maximum absolute atomic E-state index is 13.7. The van der Waals surface area contributed by atoms with E-state index < -0.39 is 0 Å². The number of hydrogen-bond donors (Lipinski definition) is 1. The van der Waals surface area contributed by atoms with Crippen LogP contribution in [-0.4, -0.2) is 49.3 Å². The summed E-state index contributed by atoms with van der Waals surface area (Å²) in [4.78, 5) is 5.71. The molecule has 1 saturated heterocycles. The quantitative estimate of drug-likeness (QED) is 0.697. The maximum atomic E-state index is 13.7. The minimum absolute atomic E-state index is 0.176. The number of aromatic nitrogens is 1. The predicted octanol–water partition coefficient (Wildman–Crippen LogP) is 4.34. The Morgan fingerprint density at radius 3 is 2.86 bits per heavy atom. The van der Waals surface area contributed by atoms with E-state index in [0.717, 1.165) is 54.9 Å². The summed E-state index contributed by atoms with van der Waals surface area (Å²) in [6, 6.07) is 10.7. The Balaban J connectivity index is 1.15. The molecular formula is C23H25FN2O3. The second-order valence-corrected chi connectivity index (χ2v) is 7.68. The molecule has 0 atom stereocenters. The summed E-state index contributed by atoms with van der Waals surface area (Å²) in [6.07, 6.45) is 4.19. The molecule has 0 bridgehead atoms. The number of fused-ring (bicyclic) bond motifs is 2. The van der Waals surface area contributed by atoms with Crippen LogP contribution in [0.1, 0.15) is 24.3 Å². The van der Waals surface area contributed by atoms with Crippen LogP contribution in [0.4, 0.5) is 4.39 Å². The predicted molar refractivity (Wildman–Crippen MR) is 110 cm³/mol. The number of nitrogens with one attached hydrogen (secondary N) is 1. The number of hydrogen-bond acceptors (Lipinski definition) is 4. The first-order valence-corrected chi connectivity index (χ1v) is 10.3. The van der Waals surface area contributed by atoms with Crippen LogP contribution >= 0.6 is 0 Å². The Morgan fingerprint density at radius 2 is 1.97 bits per heavy atom. The van der Waals surface area contributed by atoms with E-state index in [1.165, 1.54) is 11.6 Å². The van der Waals surface area contributed by atoms with E-state index in [-0.39, 0.29) is 5.82 Å². The van der Waals surface area contributed by atoms with Crippen molar-refractivity contribution < 1.29 is 18.6 Å². The van der Waals surface area contributed by atoms with E-state index in [2.05, 4.69) is 9.88 Å². The van der Waals surface area contributed by atoms with Gasteiger partial charge in [-0.25, -0.2) is 4.39 Å². The highest BCUT2D eigenvalue weighted by Crippen LogP contribution is 2.39. The third-order valence-electron chi connectivity index (χ3n) is 5.90. The molecule has 2 aliphatic heterocycles. The average Bonchev–Trinajstić information content (AvgIpc) is 3.17. The lowest BCUT2D eigenvalue weighted by Crippen LogP contribution is -2.35. The Labute approximate surface area is 169 Å². The lowest BCUT2D eigenvalue weighted by Gasteiger charge is -2.32. The van der Waals surface area contributed by atoms with Gasteiger partial charge in [0.05, 0.1) is 0 Å². The van der Waals surface area contributed by atoms with Crippen LogP contribution in [0.5, 0.6) is 17.2 Å². The Bertz CT molecular complexity index is 995. The summed E-state index contributed by atoms with van der Waals surface area (Å²) in [6.45, 7) is 4.65. The highest BCUT2D eigenvalue weighted by atomic mass is 19.1. The molecule has 1 N–H and O–H groups in total. The first-order chi connectivity index (χ1) is 14.3. The second kappa shape index (κ2) is 7.95. The average molecular weight is 396 g/mol. The van der Waals surface area contributed by atoms with Gasteiger partial charge in [0.1, 0.15) is 25.6 Å². The number of rotatable bonds is 5. The van der Waals surface area contributed by atoms with E-state index in [1.807, 2.05) is 30.5 Å². The van der Waals surface area contributed by atoms with Crippen molar-refractivity contribution in [3.05, 3.63) is 54.0 Å². The topological polar surface area (TPSA) is 46.7 Å². The number of nitrogens with zero attached hydrogens (tertiary/aromatic N) is 1.